The highest BCUT2D eigenvalue weighted by atomic mass is 16.5. The first-order valence-corrected chi connectivity index (χ1v) is 4.32. The van der Waals surface area contributed by atoms with Gasteiger partial charge in [-0.25, -0.2) is 0 Å². The molecule has 1 fully saturated rings. The van der Waals surface area contributed by atoms with Crippen LogP contribution in [0.1, 0.15) is 27.2 Å². The summed E-state index contributed by atoms with van der Waals surface area (Å²) >= 11 is 0. The second-order valence-corrected chi connectivity index (χ2v) is 4.24. The van der Waals surface area contributed by atoms with Crippen molar-refractivity contribution in [3.63, 3.8) is 0 Å². The largest absolute Gasteiger partial charge is 0.384 e. The van der Waals surface area contributed by atoms with Gasteiger partial charge >= 0.3 is 0 Å². The summed E-state index contributed by atoms with van der Waals surface area (Å²) in [6.45, 7) is 7.62. The van der Waals surface area contributed by atoms with E-state index in [1.807, 2.05) is 0 Å². The van der Waals surface area contributed by atoms with Crippen LogP contribution in [0.15, 0.2) is 0 Å². The Bertz CT molecular complexity index is 134. The summed E-state index contributed by atoms with van der Waals surface area (Å²) in [7, 11) is 1.78. The molecular formula is C9H19NO. The van der Waals surface area contributed by atoms with E-state index in [1.54, 1.807) is 7.11 Å². The van der Waals surface area contributed by atoms with Gasteiger partial charge in [-0.05, 0) is 33.1 Å². The van der Waals surface area contributed by atoms with E-state index in [1.165, 1.54) is 6.42 Å². The smallest absolute Gasteiger partial charge is 0.0505 e. The predicted molar refractivity (Wildman–Crippen MR) is 46.7 cm³/mol. The Hall–Kier alpha value is -0.0800. The number of rotatable bonds is 2. The summed E-state index contributed by atoms with van der Waals surface area (Å²) < 4.78 is 5.15. The molecule has 0 aromatic rings. The number of hydrogen-bond donors (Lipinski definition) is 1. The Morgan fingerprint density at radius 1 is 1.55 bits per heavy atom. The Kier molecular flexibility index (Phi) is 2.55. The van der Waals surface area contributed by atoms with Gasteiger partial charge in [-0.3, -0.25) is 0 Å². The lowest BCUT2D eigenvalue weighted by Gasteiger charge is -2.17. The van der Waals surface area contributed by atoms with Crippen molar-refractivity contribution in [1.29, 1.82) is 0 Å². The fourth-order valence-electron chi connectivity index (χ4n) is 2.04. The van der Waals surface area contributed by atoms with Crippen LogP contribution in [0.4, 0.5) is 0 Å². The minimum atomic E-state index is 0.308. The van der Waals surface area contributed by atoms with Crippen LogP contribution in [-0.4, -0.2) is 25.3 Å². The molecule has 0 aromatic carbocycles. The molecule has 1 aliphatic heterocycles. The van der Waals surface area contributed by atoms with Crippen LogP contribution < -0.4 is 5.32 Å². The molecule has 2 unspecified atom stereocenters. The van der Waals surface area contributed by atoms with Gasteiger partial charge in [-0.1, -0.05) is 0 Å². The van der Waals surface area contributed by atoms with Crippen molar-refractivity contribution in [2.75, 3.05) is 13.7 Å². The molecule has 1 rings (SSSR count). The Balaban J connectivity index is 2.45. The summed E-state index contributed by atoms with van der Waals surface area (Å²) in [6.07, 6.45) is 1.22. The van der Waals surface area contributed by atoms with E-state index in [0.717, 1.165) is 6.61 Å². The van der Waals surface area contributed by atoms with E-state index in [-0.39, 0.29) is 0 Å². The molecule has 0 aromatic heterocycles. The Morgan fingerprint density at radius 2 is 2.18 bits per heavy atom. The summed E-state index contributed by atoms with van der Waals surface area (Å²) in [5.74, 6) is 0.690. The van der Waals surface area contributed by atoms with Crippen molar-refractivity contribution in [2.45, 2.75) is 38.8 Å². The normalized spacial score (nSPS) is 36.0. The number of methoxy groups -OCH3 is 1. The van der Waals surface area contributed by atoms with Crippen LogP contribution in [0.2, 0.25) is 0 Å². The summed E-state index contributed by atoms with van der Waals surface area (Å²) in [5.41, 5.74) is 0.308. The lowest BCUT2D eigenvalue weighted by Crippen LogP contribution is -2.36. The van der Waals surface area contributed by atoms with Crippen LogP contribution in [0.3, 0.4) is 0 Å². The Morgan fingerprint density at radius 3 is 2.55 bits per heavy atom. The SMILES string of the molecule is COCC1CC(C)(C)NC1C. The van der Waals surface area contributed by atoms with Gasteiger partial charge in [0.25, 0.3) is 0 Å². The zero-order chi connectivity index (χ0) is 8.48. The first-order chi connectivity index (χ1) is 5.05. The van der Waals surface area contributed by atoms with Crippen molar-refractivity contribution in [1.82, 2.24) is 5.32 Å². The molecule has 11 heavy (non-hydrogen) atoms. The molecule has 2 atom stereocenters. The third-order valence-corrected chi connectivity index (χ3v) is 2.48. The van der Waals surface area contributed by atoms with E-state index in [2.05, 4.69) is 26.1 Å². The third kappa shape index (κ3) is 2.17. The second kappa shape index (κ2) is 3.11. The summed E-state index contributed by atoms with van der Waals surface area (Å²) in [5, 5.41) is 3.55. The van der Waals surface area contributed by atoms with Crippen LogP contribution in [0, 0.1) is 5.92 Å². The highest BCUT2D eigenvalue weighted by molar-refractivity contribution is 4.94. The van der Waals surface area contributed by atoms with Gasteiger partial charge in [0, 0.05) is 18.7 Å². The average molecular weight is 157 g/mol. The molecule has 1 heterocycles. The van der Waals surface area contributed by atoms with Crippen molar-refractivity contribution in [3.8, 4) is 0 Å². The van der Waals surface area contributed by atoms with Gasteiger partial charge < -0.3 is 10.1 Å². The van der Waals surface area contributed by atoms with Crippen LogP contribution >= 0.6 is 0 Å². The molecule has 0 amide bonds. The van der Waals surface area contributed by atoms with Crippen molar-refractivity contribution >= 4 is 0 Å². The Labute approximate surface area is 69.3 Å². The van der Waals surface area contributed by atoms with Gasteiger partial charge in [-0.15, -0.1) is 0 Å². The quantitative estimate of drug-likeness (QED) is 0.654. The third-order valence-electron chi connectivity index (χ3n) is 2.48. The van der Waals surface area contributed by atoms with E-state index < -0.39 is 0 Å². The molecule has 1 N–H and O–H groups in total. The monoisotopic (exact) mass is 157 g/mol. The molecule has 0 saturated carbocycles. The van der Waals surface area contributed by atoms with Crippen molar-refractivity contribution in [2.24, 2.45) is 5.92 Å². The standard InChI is InChI=1S/C9H19NO/c1-7-8(6-11-4)5-9(2,3)10-7/h7-8,10H,5-6H2,1-4H3. The van der Waals surface area contributed by atoms with E-state index in [4.69, 9.17) is 4.74 Å². The number of ether oxygens (including phenoxy) is 1. The molecule has 1 aliphatic rings. The van der Waals surface area contributed by atoms with E-state index >= 15 is 0 Å². The molecule has 66 valence electrons. The molecule has 0 radical (unpaired) electrons. The fourth-order valence-corrected chi connectivity index (χ4v) is 2.04. The lowest BCUT2D eigenvalue weighted by atomic mass is 9.95. The molecule has 2 nitrogen and oxygen atoms in total. The number of hydrogen-bond acceptors (Lipinski definition) is 2. The zero-order valence-corrected chi connectivity index (χ0v) is 7.98. The zero-order valence-electron chi connectivity index (χ0n) is 7.98. The molecule has 0 bridgehead atoms. The first-order valence-electron chi connectivity index (χ1n) is 4.32. The maximum absolute atomic E-state index is 5.15. The van der Waals surface area contributed by atoms with Crippen LogP contribution in [0.25, 0.3) is 0 Å². The predicted octanol–water partition coefficient (Wildman–Crippen LogP) is 1.41. The van der Waals surface area contributed by atoms with Gasteiger partial charge in [0.05, 0.1) is 6.61 Å². The van der Waals surface area contributed by atoms with Crippen LogP contribution in [-0.2, 0) is 4.74 Å². The second-order valence-electron chi connectivity index (χ2n) is 4.24. The molecular weight excluding hydrogens is 138 g/mol. The lowest BCUT2D eigenvalue weighted by molar-refractivity contribution is 0.147. The molecule has 0 aliphatic carbocycles. The van der Waals surface area contributed by atoms with Crippen LogP contribution in [0.5, 0.6) is 0 Å². The minimum absolute atomic E-state index is 0.308. The maximum Gasteiger partial charge on any atom is 0.0505 e. The van der Waals surface area contributed by atoms with Crippen molar-refractivity contribution < 1.29 is 4.74 Å². The minimum Gasteiger partial charge on any atom is -0.384 e. The first kappa shape index (κ1) is 9.01. The number of nitrogens with one attached hydrogen (secondary N) is 1. The highest BCUT2D eigenvalue weighted by Crippen LogP contribution is 2.27. The summed E-state index contributed by atoms with van der Waals surface area (Å²) in [4.78, 5) is 0. The van der Waals surface area contributed by atoms with E-state index in [9.17, 15) is 0 Å². The molecule has 2 heteroatoms. The van der Waals surface area contributed by atoms with Gasteiger partial charge in [0.1, 0.15) is 0 Å². The van der Waals surface area contributed by atoms with Gasteiger partial charge in [0.15, 0.2) is 0 Å². The highest BCUT2D eigenvalue weighted by Gasteiger charge is 2.35. The topological polar surface area (TPSA) is 21.3 Å². The molecule has 1 saturated heterocycles. The fraction of sp³-hybridized carbons (Fsp3) is 1.00. The van der Waals surface area contributed by atoms with Crippen molar-refractivity contribution in [3.05, 3.63) is 0 Å². The summed E-state index contributed by atoms with van der Waals surface area (Å²) in [6, 6.07) is 0.602. The van der Waals surface area contributed by atoms with E-state index in [0.29, 0.717) is 17.5 Å². The average Bonchev–Trinajstić information content (AvgIpc) is 2.07. The van der Waals surface area contributed by atoms with Gasteiger partial charge in [0.2, 0.25) is 0 Å². The van der Waals surface area contributed by atoms with Gasteiger partial charge in [-0.2, -0.15) is 0 Å². The maximum atomic E-state index is 5.15. The molecule has 0 spiro atoms.